The third-order valence-electron chi connectivity index (χ3n) is 3.73. The van der Waals surface area contributed by atoms with Crippen LogP contribution in [0.25, 0.3) is 22.3 Å². The lowest BCUT2D eigenvalue weighted by molar-refractivity contribution is 0.303. The lowest BCUT2D eigenvalue weighted by Gasteiger charge is -2.08. The zero-order valence-corrected chi connectivity index (χ0v) is 11.9. The smallest absolute Gasteiger partial charge is 0.127 e. The number of aromatic hydroxyl groups is 1. The van der Waals surface area contributed by atoms with Crippen LogP contribution in [-0.2, 0) is 0 Å². The van der Waals surface area contributed by atoms with Gasteiger partial charge in [-0.2, -0.15) is 0 Å². The molecule has 0 unspecified atom stereocenters. The molecule has 2 nitrogen and oxygen atoms in total. The van der Waals surface area contributed by atoms with Crippen molar-refractivity contribution >= 4 is 0 Å². The highest BCUT2D eigenvalue weighted by Gasteiger charge is 2.16. The molecule has 0 radical (unpaired) electrons. The molecule has 0 fully saturated rings. The number of fused-ring (bicyclic) bond motifs is 1. The summed E-state index contributed by atoms with van der Waals surface area (Å²) >= 11 is 0. The van der Waals surface area contributed by atoms with Gasteiger partial charge in [-0.15, -0.1) is 0 Å². The van der Waals surface area contributed by atoms with Crippen LogP contribution >= 0.6 is 0 Å². The molecule has 0 atom stereocenters. The van der Waals surface area contributed by atoms with Crippen molar-refractivity contribution in [2.75, 3.05) is 6.61 Å². The van der Waals surface area contributed by atoms with Crippen LogP contribution in [0.1, 0.15) is 32.6 Å². The molecule has 3 rings (SSSR count). The summed E-state index contributed by atoms with van der Waals surface area (Å²) in [6.45, 7) is 2.92. The third-order valence-corrected chi connectivity index (χ3v) is 3.73. The predicted octanol–water partition coefficient (Wildman–Crippen LogP) is 5.00. The Bertz CT molecular complexity index is 597. The van der Waals surface area contributed by atoms with Crippen LogP contribution in [0.3, 0.4) is 0 Å². The van der Waals surface area contributed by atoms with Crippen molar-refractivity contribution in [3.05, 3.63) is 36.4 Å². The monoisotopic (exact) mass is 268 g/mol. The Kier molecular flexibility index (Phi) is 3.64. The van der Waals surface area contributed by atoms with Crippen LogP contribution in [0.2, 0.25) is 0 Å². The Hall–Kier alpha value is -1.96. The minimum atomic E-state index is 0.293. The van der Waals surface area contributed by atoms with Gasteiger partial charge >= 0.3 is 0 Å². The van der Waals surface area contributed by atoms with Crippen molar-refractivity contribution in [1.82, 2.24) is 0 Å². The number of hydrogen-bond donors (Lipinski definition) is 1. The van der Waals surface area contributed by atoms with Gasteiger partial charge in [0.2, 0.25) is 0 Å². The molecule has 1 aromatic carbocycles. The summed E-state index contributed by atoms with van der Waals surface area (Å²) in [5.74, 6) is 1.04. The average Bonchev–Trinajstić information content (AvgIpc) is 3.05. The Morgan fingerprint density at radius 3 is 2.35 bits per heavy atom. The van der Waals surface area contributed by atoms with Gasteiger partial charge in [-0.25, -0.2) is 0 Å². The Morgan fingerprint density at radius 1 is 0.900 bits per heavy atom. The van der Waals surface area contributed by atoms with E-state index in [0.29, 0.717) is 5.75 Å². The van der Waals surface area contributed by atoms with Crippen molar-refractivity contribution in [3.8, 4) is 33.8 Å². The highest BCUT2D eigenvalue weighted by atomic mass is 16.5. The van der Waals surface area contributed by atoms with Gasteiger partial charge in [0.1, 0.15) is 11.5 Å². The second-order valence-electron chi connectivity index (χ2n) is 5.39. The summed E-state index contributed by atoms with van der Waals surface area (Å²) < 4.78 is 5.67. The van der Waals surface area contributed by atoms with Crippen molar-refractivity contribution in [2.45, 2.75) is 32.6 Å². The molecule has 2 aliphatic rings. The molecular formula is C18H20O2. The van der Waals surface area contributed by atoms with Gasteiger partial charge < -0.3 is 9.84 Å². The molecule has 20 heavy (non-hydrogen) atoms. The van der Waals surface area contributed by atoms with Gasteiger partial charge in [0.05, 0.1) is 6.61 Å². The first kappa shape index (κ1) is 13.0. The van der Waals surface area contributed by atoms with E-state index in [4.69, 9.17) is 4.74 Å². The van der Waals surface area contributed by atoms with E-state index in [2.05, 4.69) is 25.1 Å². The van der Waals surface area contributed by atoms with Gasteiger partial charge in [-0.05, 0) is 53.4 Å². The lowest BCUT2D eigenvalue weighted by Crippen LogP contribution is -1.97. The fourth-order valence-electron chi connectivity index (χ4n) is 2.48. The summed E-state index contributed by atoms with van der Waals surface area (Å²) in [6.07, 6.45) is 4.76. The zero-order chi connectivity index (χ0) is 13.9. The summed E-state index contributed by atoms with van der Waals surface area (Å²) in [4.78, 5) is 0. The second-order valence-corrected chi connectivity index (χ2v) is 5.39. The zero-order valence-electron chi connectivity index (χ0n) is 11.9. The SMILES string of the molecule is CCCCCCOc1ccc(-c2cc3cc-3c2)c(O)c1. The Balaban J connectivity index is 1.60. The minimum Gasteiger partial charge on any atom is -0.507 e. The average molecular weight is 268 g/mol. The number of ether oxygens (including phenoxy) is 1. The predicted molar refractivity (Wildman–Crippen MR) is 82.2 cm³/mol. The Morgan fingerprint density at radius 2 is 1.65 bits per heavy atom. The van der Waals surface area contributed by atoms with Crippen molar-refractivity contribution in [3.63, 3.8) is 0 Å². The number of phenols is 1. The largest absolute Gasteiger partial charge is 0.507 e. The number of hydrogen-bond acceptors (Lipinski definition) is 2. The standard InChI is InChI=1S/C18H20O2/c1-2-3-4-5-8-20-16-6-7-17(18(19)12-16)15-10-13-9-14(13)11-15/h6-7,9-12,19H,2-5,8H2,1H3. The van der Waals surface area contributed by atoms with Crippen LogP contribution in [0.15, 0.2) is 36.4 Å². The number of unbranched alkanes of at least 4 members (excludes halogenated alkanes) is 3. The van der Waals surface area contributed by atoms with E-state index >= 15 is 0 Å². The first-order chi connectivity index (χ1) is 9.78. The number of benzene rings is 2. The molecule has 0 heterocycles. The molecule has 2 aliphatic carbocycles. The lowest BCUT2D eigenvalue weighted by atomic mass is 10.1. The Labute approximate surface area is 120 Å². The molecule has 1 N–H and O–H groups in total. The second kappa shape index (κ2) is 5.58. The summed E-state index contributed by atoms with van der Waals surface area (Å²) in [5, 5.41) is 10.1. The fourth-order valence-corrected chi connectivity index (χ4v) is 2.48. The van der Waals surface area contributed by atoms with Gasteiger partial charge in [-0.1, -0.05) is 26.2 Å². The van der Waals surface area contributed by atoms with Gasteiger partial charge in [0.25, 0.3) is 0 Å². The van der Waals surface area contributed by atoms with Crippen LogP contribution in [0.5, 0.6) is 11.5 Å². The maximum absolute atomic E-state index is 10.1. The molecular weight excluding hydrogens is 248 g/mol. The minimum absolute atomic E-state index is 0.293. The van der Waals surface area contributed by atoms with E-state index in [1.807, 2.05) is 12.1 Å². The number of rotatable bonds is 7. The molecule has 1 aromatic rings. The molecule has 0 aliphatic heterocycles. The van der Waals surface area contributed by atoms with Crippen molar-refractivity contribution < 1.29 is 9.84 Å². The van der Waals surface area contributed by atoms with Crippen molar-refractivity contribution in [1.29, 1.82) is 0 Å². The van der Waals surface area contributed by atoms with E-state index in [1.54, 1.807) is 6.07 Å². The first-order valence-electron chi connectivity index (χ1n) is 7.39. The van der Waals surface area contributed by atoms with E-state index in [1.165, 1.54) is 30.4 Å². The van der Waals surface area contributed by atoms with Gasteiger partial charge in [0.15, 0.2) is 0 Å². The molecule has 2 heteroatoms. The molecule has 0 spiro atoms. The molecule has 0 amide bonds. The van der Waals surface area contributed by atoms with Crippen LogP contribution < -0.4 is 4.74 Å². The van der Waals surface area contributed by atoms with Crippen LogP contribution in [0, 0.1) is 0 Å². The molecule has 0 saturated heterocycles. The van der Waals surface area contributed by atoms with Crippen LogP contribution in [-0.4, -0.2) is 11.7 Å². The van der Waals surface area contributed by atoms with Crippen LogP contribution in [0.4, 0.5) is 0 Å². The molecule has 104 valence electrons. The van der Waals surface area contributed by atoms with E-state index in [0.717, 1.165) is 29.9 Å². The van der Waals surface area contributed by atoms with E-state index in [-0.39, 0.29) is 0 Å². The van der Waals surface area contributed by atoms with E-state index < -0.39 is 0 Å². The highest BCUT2D eigenvalue weighted by molar-refractivity contribution is 5.90. The maximum Gasteiger partial charge on any atom is 0.127 e. The van der Waals surface area contributed by atoms with Crippen molar-refractivity contribution in [2.24, 2.45) is 0 Å². The van der Waals surface area contributed by atoms with Gasteiger partial charge in [-0.3, -0.25) is 0 Å². The maximum atomic E-state index is 10.1. The van der Waals surface area contributed by atoms with E-state index in [9.17, 15) is 5.11 Å². The summed E-state index contributed by atoms with van der Waals surface area (Å²) in [5.41, 5.74) is 4.54. The molecule has 0 saturated carbocycles. The third kappa shape index (κ3) is 2.79. The normalized spacial score (nSPS) is 11.4. The first-order valence-corrected chi connectivity index (χ1v) is 7.39. The summed E-state index contributed by atoms with van der Waals surface area (Å²) in [7, 11) is 0. The number of phenolic OH excluding ortho intramolecular Hbond substituents is 1. The summed E-state index contributed by atoms with van der Waals surface area (Å²) in [6, 6.07) is 11.9. The van der Waals surface area contributed by atoms with Gasteiger partial charge in [0, 0.05) is 11.6 Å². The molecule has 0 bridgehead atoms. The fraction of sp³-hybridized carbons (Fsp3) is 0.333. The molecule has 0 aromatic heterocycles. The quantitative estimate of drug-likeness (QED) is 0.611. The topological polar surface area (TPSA) is 29.5 Å². The highest BCUT2D eigenvalue weighted by Crippen LogP contribution is 2.43.